The van der Waals surface area contributed by atoms with E-state index in [-0.39, 0.29) is 5.91 Å². The van der Waals surface area contributed by atoms with Crippen molar-refractivity contribution in [3.63, 3.8) is 0 Å². The molecule has 0 aliphatic heterocycles. The zero-order valence-corrected chi connectivity index (χ0v) is 9.91. The zero-order valence-electron chi connectivity index (χ0n) is 8.33. The molecule has 0 radical (unpaired) electrons. The van der Waals surface area contributed by atoms with Gasteiger partial charge in [-0.25, -0.2) is 0 Å². The van der Waals surface area contributed by atoms with Gasteiger partial charge in [0.25, 0.3) is 5.91 Å². The van der Waals surface area contributed by atoms with Crippen molar-refractivity contribution < 1.29 is 4.79 Å². The highest BCUT2D eigenvalue weighted by Crippen LogP contribution is 2.20. The van der Waals surface area contributed by atoms with Crippen LogP contribution >= 0.6 is 15.9 Å². The maximum atomic E-state index is 11.8. The molecule has 2 N–H and O–H groups in total. The number of terminal acetylenes is 1. The minimum Gasteiger partial charge on any atom is -0.398 e. The molecule has 0 atom stereocenters. The lowest BCUT2D eigenvalue weighted by molar-refractivity contribution is 0.0812. The smallest absolute Gasteiger partial charge is 0.254 e. The fourth-order valence-corrected chi connectivity index (χ4v) is 1.47. The molecule has 1 amide bonds. The first-order valence-electron chi connectivity index (χ1n) is 4.30. The molecule has 0 spiro atoms. The molecule has 0 bridgehead atoms. The zero-order chi connectivity index (χ0) is 11.4. The SMILES string of the molecule is C#CCN(C)C(=O)c1ccc(N)c(Br)c1. The second-order valence-electron chi connectivity index (χ2n) is 3.10. The van der Waals surface area contributed by atoms with Crippen LogP contribution in [0.5, 0.6) is 0 Å². The van der Waals surface area contributed by atoms with Crippen LogP contribution in [0.1, 0.15) is 10.4 Å². The lowest BCUT2D eigenvalue weighted by Gasteiger charge is -2.14. The average Bonchev–Trinajstić information content (AvgIpc) is 2.21. The lowest BCUT2D eigenvalue weighted by Crippen LogP contribution is -2.26. The summed E-state index contributed by atoms with van der Waals surface area (Å²) in [6, 6.07) is 5.04. The number of carbonyl (C=O) groups is 1. The molecule has 15 heavy (non-hydrogen) atoms. The Morgan fingerprint density at radius 3 is 2.87 bits per heavy atom. The van der Waals surface area contributed by atoms with Crippen molar-refractivity contribution in [3.05, 3.63) is 28.2 Å². The second-order valence-corrected chi connectivity index (χ2v) is 3.96. The Kier molecular flexibility index (Phi) is 3.75. The van der Waals surface area contributed by atoms with Gasteiger partial charge < -0.3 is 10.6 Å². The molecule has 0 heterocycles. The highest BCUT2D eigenvalue weighted by Gasteiger charge is 2.11. The molecule has 0 unspecified atom stereocenters. The molecule has 0 aliphatic carbocycles. The van der Waals surface area contributed by atoms with Gasteiger partial charge >= 0.3 is 0 Å². The number of carbonyl (C=O) groups excluding carboxylic acids is 1. The van der Waals surface area contributed by atoms with Gasteiger partial charge in [-0.1, -0.05) is 5.92 Å². The first kappa shape index (κ1) is 11.6. The predicted molar refractivity (Wildman–Crippen MR) is 64.3 cm³/mol. The predicted octanol–water partition coefficient (Wildman–Crippen LogP) is 1.74. The van der Waals surface area contributed by atoms with Gasteiger partial charge in [0.15, 0.2) is 0 Å². The Morgan fingerprint density at radius 1 is 1.67 bits per heavy atom. The Bertz CT molecular complexity index is 423. The summed E-state index contributed by atoms with van der Waals surface area (Å²) >= 11 is 3.27. The second kappa shape index (κ2) is 4.85. The van der Waals surface area contributed by atoms with Gasteiger partial charge in [0.2, 0.25) is 0 Å². The fraction of sp³-hybridized carbons (Fsp3) is 0.182. The number of rotatable bonds is 2. The van der Waals surface area contributed by atoms with E-state index in [4.69, 9.17) is 12.2 Å². The standard InChI is InChI=1S/C11H11BrN2O/c1-3-6-14(2)11(15)8-4-5-10(13)9(12)7-8/h1,4-5,7H,6,13H2,2H3. The minimum atomic E-state index is -0.117. The number of halogens is 1. The number of nitrogens with zero attached hydrogens (tertiary/aromatic N) is 1. The van der Waals surface area contributed by atoms with Crippen LogP contribution in [0.3, 0.4) is 0 Å². The van der Waals surface area contributed by atoms with Crippen LogP contribution in [-0.2, 0) is 0 Å². The van der Waals surface area contributed by atoms with Gasteiger partial charge in [-0.15, -0.1) is 6.42 Å². The maximum Gasteiger partial charge on any atom is 0.254 e. The van der Waals surface area contributed by atoms with Crippen molar-refractivity contribution in [2.75, 3.05) is 19.3 Å². The van der Waals surface area contributed by atoms with Crippen molar-refractivity contribution in [3.8, 4) is 12.3 Å². The van der Waals surface area contributed by atoms with Gasteiger partial charge in [0.1, 0.15) is 0 Å². The summed E-state index contributed by atoms with van der Waals surface area (Å²) in [4.78, 5) is 13.2. The van der Waals surface area contributed by atoms with Gasteiger partial charge in [-0.2, -0.15) is 0 Å². The van der Waals surface area contributed by atoms with E-state index in [1.807, 2.05) is 0 Å². The topological polar surface area (TPSA) is 46.3 Å². The number of anilines is 1. The molecule has 78 valence electrons. The Morgan fingerprint density at radius 2 is 2.33 bits per heavy atom. The Balaban J connectivity index is 2.93. The van der Waals surface area contributed by atoms with Crippen molar-refractivity contribution in [1.29, 1.82) is 0 Å². The van der Waals surface area contributed by atoms with Crippen LogP contribution in [0.25, 0.3) is 0 Å². The van der Waals surface area contributed by atoms with Crippen LogP contribution in [0.2, 0.25) is 0 Å². The van der Waals surface area contributed by atoms with Crippen LogP contribution < -0.4 is 5.73 Å². The van der Waals surface area contributed by atoms with Crippen molar-refractivity contribution >= 4 is 27.5 Å². The highest BCUT2D eigenvalue weighted by molar-refractivity contribution is 9.10. The molecule has 1 aromatic rings. The summed E-state index contributed by atoms with van der Waals surface area (Å²) in [6.45, 7) is 0.292. The monoisotopic (exact) mass is 266 g/mol. The molecule has 3 nitrogen and oxygen atoms in total. The van der Waals surface area contributed by atoms with E-state index >= 15 is 0 Å². The summed E-state index contributed by atoms with van der Waals surface area (Å²) in [6.07, 6.45) is 5.13. The van der Waals surface area contributed by atoms with E-state index in [2.05, 4.69) is 21.9 Å². The molecule has 0 saturated carbocycles. The Labute approximate surface area is 97.4 Å². The third kappa shape index (κ3) is 2.74. The van der Waals surface area contributed by atoms with Crippen LogP contribution in [0.4, 0.5) is 5.69 Å². The largest absolute Gasteiger partial charge is 0.398 e. The molecule has 1 aromatic carbocycles. The van der Waals surface area contributed by atoms with Crippen LogP contribution in [0.15, 0.2) is 22.7 Å². The molecular formula is C11H11BrN2O. The molecule has 4 heteroatoms. The third-order valence-corrected chi connectivity index (χ3v) is 2.61. The van der Waals surface area contributed by atoms with E-state index in [0.717, 1.165) is 0 Å². The van der Waals surface area contributed by atoms with Crippen LogP contribution in [-0.4, -0.2) is 24.4 Å². The summed E-state index contributed by atoms with van der Waals surface area (Å²) in [7, 11) is 1.66. The quantitative estimate of drug-likeness (QED) is 0.655. The number of hydrogen-bond donors (Lipinski definition) is 1. The third-order valence-electron chi connectivity index (χ3n) is 1.92. The summed E-state index contributed by atoms with van der Waals surface area (Å²) < 4.78 is 0.711. The average molecular weight is 267 g/mol. The van der Waals surface area contributed by atoms with Gasteiger partial charge in [0.05, 0.1) is 6.54 Å². The molecule has 0 fully saturated rings. The van der Waals surface area contributed by atoms with Crippen molar-refractivity contribution in [2.24, 2.45) is 0 Å². The number of hydrogen-bond acceptors (Lipinski definition) is 2. The number of amides is 1. The lowest BCUT2D eigenvalue weighted by atomic mass is 10.2. The highest BCUT2D eigenvalue weighted by atomic mass is 79.9. The van der Waals surface area contributed by atoms with Gasteiger partial charge in [0, 0.05) is 22.8 Å². The van der Waals surface area contributed by atoms with E-state index < -0.39 is 0 Å². The first-order valence-corrected chi connectivity index (χ1v) is 5.09. The minimum absolute atomic E-state index is 0.117. The van der Waals surface area contributed by atoms with Crippen molar-refractivity contribution in [1.82, 2.24) is 4.90 Å². The Hall–Kier alpha value is -1.47. The molecule has 1 rings (SSSR count). The number of benzene rings is 1. The summed E-state index contributed by atoms with van der Waals surface area (Å²) in [5, 5.41) is 0. The van der Waals surface area contributed by atoms with E-state index in [1.165, 1.54) is 4.90 Å². The fourth-order valence-electron chi connectivity index (χ4n) is 1.09. The van der Waals surface area contributed by atoms with Crippen molar-refractivity contribution in [2.45, 2.75) is 0 Å². The summed E-state index contributed by atoms with van der Waals surface area (Å²) in [5.74, 6) is 2.30. The molecule has 0 aromatic heterocycles. The van der Waals surface area contributed by atoms with Crippen LogP contribution in [0, 0.1) is 12.3 Å². The summed E-state index contributed by atoms with van der Waals surface area (Å²) in [5.41, 5.74) is 6.79. The molecule has 0 saturated heterocycles. The van der Waals surface area contributed by atoms with Gasteiger partial charge in [-0.05, 0) is 34.1 Å². The first-order chi connectivity index (χ1) is 7.06. The van der Waals surface area contributed by atoms with Gasteiger partial charge in [-0.3, -0.25) is 4.79 Å². The van der Waals surface area contributed by atoms with E-state index in [1.54, 1.807) is 25.2 Å². The molecular weight excluding hydrogens is 256 g/mol. The van der Waals surface area contributed by atoms with E-state index in [9.17, 15) is 4.79 Å². The maximum absolute atomic E-state index is 11.8. The number of nitrogens with two attached hydrogens (primary N) is 1. The molecule has 0 aliphatic rings. The number of nitrogen functional groups attached to an aromatic ring is 1. The van der Waals surface area contributed by atoms with E-state index in [0.29, 0.717) is 22.3 Å². The normalized spacial score (nSPS) is 9.40.